The molecule has 3 heteroatoms. The third-order valence-electron chi connectivity index (χ3n) is 1.48. The van der Waals surface area contributed by atoms with Crippen molar-refractivity contribution in [1.82, 2.24) is 0 Å². The Hall–Kier alpha value is -0.0105. The van der Waals surface area contributed by atoms with E-state index in [2.05, 4.69) is 6.92 Å². The zero-order chi connectivity index (χ0) is 7.82. The molecule has 0 unspecified atom stereocenters. The molecule has 0 N–H and O–H groups in total. The molecule has 0 fully saturated rings. The van der Waals surface area contributed by atoms with E-state index in [4.69, 9.17) is 0 Å². The summed E-state index contributed by atoms with van der Waals surface area (Å²) in [4.78, 5) is 9.92. The Morgan fingerprint density at radius 1 is 1.18 bits per heavy atom. The summed E-state index contributed by atoms with van der Waals surface area (Å²) in [7, 11) is 0. The number of carbonyl (C=O) groups excluding carboxylic acids is 1. The van der Waals surface area contributed by atoms with Gasteiger partial charge in [-0.2, -0.15) is 0 Å². The first-order chi connectivity index (χ1) is 4.77. The first-order valence-corrected chi connectivity index (χ1v) is 3.97. The van der Waals surface area contributed by atoms with Gasteiger partial charge in [0.25, 0.3) is 0 Å². The molecule has 0 heterocycles. The van der Waals surface area contributed by atoms with Crippen molar-refractivity contribution in [3.63, 3.8) is 0 Å². The topological polar surface area (TPSA) is 40.1 Å². The molecule has 0 radical (unpaired) electrons. The third kappa shape index (κ3) is 13.1. The van der Waals surface area contributed by atoms with Gasteiger partial charge in [-0.05, 0) is 12.8 Å². The summed E-state index contributed by atoms with van der Waals surface area (Å²) in [6, 6.07) is 0. The number of carboxylic acid groups (broad SMARTS) is 1. The molecule has 70 valence electrons. The van der Waals surface area contributed by atoms with Crippen LogP contribution < -0.4 is 5.11 Å². The summed E-state index contributed by atoms with van der Waals surface area (Å²) >= 11 is 0. The predicted octanol–water partition coefficient (Wildman–Crippen LogP) is 1.09. The molecule has 0 aromatic rings. The van der Waals surface area contributed by atoms with Crippen molar-refractivity contribution in [2.75, 3.05) is 0 Å². The fraction of sp³-hybridized carbons (Fsp3) is 0.875. The van der Waals surface area contributed by atoms with Crippen molar-refractivity contribution in [2.45, 2.75) is 45.4 Å². The third-order valence-corrected chi connectivity index (χ3v) is 1.48. The molecular formula is C8H15CuO2. The zero-order valence-electron chi connectivity index (χ0n) is 6.86. The van der Waals surface area contributed by atoms with Gasteiger partial charge in [-0.15, -0.1) is 0 Å². The van der Waals surface area contributed by atoms with Crippen LogP contribution in [0.3, 0.4) is 0 Å². The summed E-state index contributed by atoms with van der Waals surface area (Å²) in [6.45, 7) is 2.14. The fourth-order valence-electron chi connectivity index (χ4n) is 0.873. The average molecular weight is 207 g/mol. The molecule has 0 aliphatic rings. The standard InChI is InChI=1S/C8H16O2.Cu/c1-2-3-4-5-6-7-8(9)10;/h2-7H2,1H3,(H,9,10);/q;+1/p-1. The van der Waals surface area contributed by atoms with Gasteiger partial charge in [0, 0.05) is 5.97 Å². The average Bonchev–Trinajstić information content (AvgIpc) is 1.87. The second-order valence-corrected chi connectivity index (χ2v) is 2.54. The second kappa shape index (κ2) is 9.99. The number of aliphatic carboxylic acids is 1. The van der Waals surface area contributed by atoms with Crippen molar-refractivity contribution in [1.29, 1.82) is 0 Å². The van der Waals surface area contributed by atoms with Gasteiger partial charge in [-0.3, -0.25) is 0 Å². The molecule has 11 heavy (non-hydrogen) atoms. The van der Waals surface area contributed by atoms with E-state index in [1.807, 2.05) is 0 Å². The molecule has 0 saturated carbocycles. The Kier molecular flexibility index (Phi) is 12.3. The van der Waals surface area contributed by atoms with E-state index < -0.39 is 5.97 Å². The molecule has 0 bridgehead atoms. The van der Waals surface area contributed by atoms with Crippen LogP contribution in [0.5, 0.6) is 0 Å². The molecule has 0 aromatic carbocycles. The molecule has 0 spiro atoms. The quantitative estimate of drug-likeness (QED) is 0.482. The first-order valence-electron chi connectivity index (χ1n) is 3.97. The maximum Gasteiger partial charge on any atom is 1.00 e. The smallest absolute Gasteiger partial charge is 0.550 e. The van der Waals surface area contributed by atoms with E-state index in [9.17, 15) is 9.90 Å². The maximum absolute atomic E-state index is 9.92. The number of unbranched alkanes of at least 4 members (excludes halogenated alkanes) is 4. The summed E-state index contributed by atoms with van der Waals surface area (Å²) < 4.78 is 0. The minimum Gasteiger partial charge on any atom is -0.550 e. The summed E-state index contributed by atoms with van der Waals surface area (Å²) in [5, 5.41) is 9.92. The zero-order valence-corrected chi connectivity index (χ0v) is 7.80. The van der Waals surface area contributed by atoms with Crippen LogP contribution in [-0.2, 0) is 21.9 Å². The monoisotopic (exact) mass is 206 g/mol. The van der Waals surface area contributed by atoms with Gasteiger partial charge >= 0.3 is 17.1 Å². The molecule has 0 saturated heterocycles. The van der Waals surface area contributed by atoms with Crippen LogP contribution in [0.25, 0.3) is 0 Å². The van der Waals surface area contributed by atoms with E-state index in [-0.39, 0.29) is 23.5 Å². The van der Waals surface area contributed by atoms with Gasteiger partial charge in [-0.25, -0.2) is 0 Å². The second-order valence-electron chi connectivity index (χ2n) is 2.54. The van der Waals surface area contributed by atoms with Crippen LogP contribution in [0.15, 0.2) is 0 Å². The number of carboxylic acids is 1. The van der Waals surface area contributed by atoms with Gasteiger partial charge < -0.3 is 9.90 Å². The largest absolute Gasteiger partial charge is 1.00 e. The SMILES string of the molecule is CCCCCCCC(=O)[O-].[Cu+]. The molecule has 0 atom stereocenters. The molecule has 0 aromatic heterocycles. The fourth-order valence-corrected chi connectivity index (χ4v) is 0.873. The van der Waals surface area contributed by atoms with Crippen molar-refractivity contribution >= 4 is 5.97 Å². The van der Waals surface area contributed by atoms with E-state index in [1.54, 1.807) is 0 Å². The first kappa shape index (κ1) is 13.6. The molecule has 0 rings (SSSR count). The Labute approximate surface area is 78.8 Å². The van der Waals surface area contributed by atoms with E-state index >= 15 is 0 Å². The van der Waals surface area contributed by atoms with E-state index in [1.165, 1.54) is 12.8 Å². The number of hydrogen-bond acceptors (Lipinski definition) is 2. The summed E-state index contributed by atoms with van der Waals surface area (Å²) in [5.41, 5.74) is 0. The van der Waals surface area contributed by atoms with E-state index in [0.29, 0.717) is 0 Å². The van der Waals surface area contributed by atoms with Crippen LogP contribution in [0.2, 0.25) is 0 Å². The molecule has 0 aliphatic carbocycles. The summed E-state index contributed by atoms with van der Waals surface area (Å²) in [6.07, 6.45) is 5.61. The Balaban J connectivity index is 0. The van der Waals surface area contributed by atoms with Gasteiger partial charge in [0.15, 0.2) is 0 Å². The van der Waals surface area contributed by atoms with Crippen LogP contribution in [0.1, 0.15) is 45.4 Å². The van der Waals surface area contributed by atoms with Crippen LogP contribution in [-0.4, -0.2) is 5.97 Å². The van der Waals surface area contributed by atoms with Gasteiger partial charge in [-0.1, -0.05) is 32.6 Å². The van der Waals surface area contributed by atoms with Crippen molar-refractivity contribution in [3.05, 3.63) is 0 Å². The maximum atomic E-state index is 9.92. The molecule has 2 nitrogen and oxygen atoms in total. The van der Waals surface area contributed by atoms with Crippen molar-refractivity contribution in [3.8, 4) is 0 Å². The molecule has 0 aliphatic heterocycles. The number of hydrogen-bond donors (Lipinski definition) is 0. The van der Waals surface area contributed by atoms with Gasteiger partial charge in [0.2, 0.25) is 0 Å². The van der Waals surface area contributed by atoms with Crippen molar-refractivity contribution < 1.29 is 27.0 Å². The molecule has 0 amide bonds. The Bertz CT molecular complexity index is 94.1. The van der Waals surface area contributed by atoms with Gasteiger partial charge in [0.05, 0.1) is 0 Å². The predicted molar refractivity (Wildman–Crippen MR) is 38.4 cm³/mol. The normalized spacial score (nSPS) is 8.82. The van der Waals surface area contributed by atoms with Crippen molar-refractivity contribution in [2.24, 2.45) is 0 Å². The minimum absolute atomic E-state index is 0. The summed E-state index contributed by atoms with van der Waals surface area (Å²) in [5.74, 6) is -0.920. The number of carbonyl (C=O) groups is 1. The van der Waals surface area contributed by atoms with E-state index in [0.717, 1.165) is 19.3 Å². The Morgan fingerprint density at radius 2 is 1.73 bits per heavy atom. The Morgan fingerprint density at radius 3 is 2.18 bits per heavy atom. The van der Waals surface area contributed by atoms with Gasteiger partial charge in [0.1, 0.15) is 0 Å². The number of rotatable bonds is 6. The van der Waals surface area contributed by atoms with Crippen LogP contribution in [0, 0.1) is 0 Å². The minimum atomic E-state index is -0.920. The molecular weight excluding hydrogens is 192 g/mol. The van der Waals surface area contributed by atoms with Crippen LogP contribution >= 0.6 is 0 Å². The van der Waals surface area contributed by atoms with Crippen LogP contribution in [0.4, 0.5) is 0 Å².